The van der Waals surface area contributed by atoms with Crippen molar-refractivity contribution in [2.24, 2.45) is 7.05 Å². The Balaban J connectivity index is 2.23. The van der Waals surface area contributed by atoms with Crippen LogP contribution in [0.1, 0.15) is 5.56 Å². The zero-order valence-electron chi connectivity index (χ0n) is 11.9. The molecule has 7 heteroatoms. The Morgan fingerprint density at radius 1 is 1.13 bits per heavy atom. The summed E-state index contributed by atoms with van der Waals surface area (Å²) >= 11 is 6.01. The van der Waals surface area contributed by atoms with Crippen molar-refractivity contribution in [3.05, 3.63) is 63.8 Å². The summed E-state index contributed by atoms with van der Waals surface area (Å²) < 4.78 is 39.3. The summed E-state index contributed by atoms with van der Waals surface area (Å²) in [6.07, 6.45) is -1.37. The first-order valence-corrected chi connectivity index (χ1v) is 6.98. The van der Waals surface area contributed by atoms with Gasteiger partial charge in [-0.2, -0.15) is 13.2 Å². The Morgan fingerprint density at radius 3 is 2.39 bits per heavy atom. The Kier molecular flexibility index (Phi) is 3.64. The third-order valence-corrected chi connectivity index (χ3v) is 3.88. The van der Waals surface area contributed by atoms with Crippen LogP contribution in [0, 0.1) is 0 Å². The second-order valence-electron chi connectivity index (χ2n) is 5.06. The van der Waals surface area contributed by atoms with Crippen LogP contribution in [-0.4, -0.2) is 9.55 Å². The molecular formula is C16H10ClF3N2O. The molecule has 3 rings (SSSR count). The third kappa shape index (κ3) is 2.70. The molecule has 0 radical (unpaired) electrons. The molecular weight excluding hydrogens is 329 g/mol. The maximum Gasteiger partial charge on any atom is 0.416 e. The van der Waals surface area contributed by atoms with E-state index >= 15 is 0 Å². The summed E-state index contributed by atoms with van der Waals surface area (Å²) in [5.74, 6) is 0. The lowest BCUT2D eigenvalue weighted by Crippen LogP contribution is -2.16. The fourth-order valence-electron chi connectivity index (χ4n) is 2.38. The molecule has 0 aliphatic heterocycles. The first-order chi connectivity index (χ1) is 10.8. The van der Waals surface area contributed by atoms with Gasteiger partial charge in [0.25, 0.3) is 5.56 Å². The van der Waals surface area contributed by atoms with Gasteiger partial charge in [0, 0.05) is 30.4 Å². The largest absolute Gasteiger partial charge is 0.416 e. The van der Waals surface area contributed by atoms with E-state index in [-0.39, 0.29) is 16.1 Å². The van der Waals surface area contributed by atoms with Crippen molar-refractivity contribution in [2.75, 3.05) is 0 Å². The maximum atomic E-state index is 12.7. The molecule has 0 spiro atoms. The highest BCUT2D eigenvalue weighted by atomic mass is 35.5. The summed E-state index contributed by atoms with van der Waals surface area (Å²) in [6, 6.07) is 6.39. The molecule has 0 atom stereocenters. The molecule has 2 heterocycles. The molecule has 118 valence electrons. The summed E-state index contributed by atoms with van der Waals surface area (Å²) in [6.45, 7) is 0. The second-order valence-corrected chi connectivity index (χ2v) is 5.42. The number of halogens is 4. The van der Waals surface area contributed by atoms with E-state index in [2.05, 4.69) is 4.98 Å². The van der Waals surface area contributed by atoms with Crippen molar-refractivity contribution in [3.8, 4) is 11.1 Å². The standard InChI is InChI=1S/C16H10ClF3N2O/c1-22-7-6-11-12(8-21-14(17)13(11)15(22)23)9-2-4-10(5-3-9)16(18,19)20/h2-8H,1H3. The zero-order valence-corrected chi connectivity index (χ0v) is 12.6. The summed E-state index contributed by atoms with van der Waals surface area (Å²) in [5.41, 5.74) is 0.0356. The highest BCUT2D eigenvalue weighted by molar-refractivity contribution is 6.34. The van der Waals surface area contributed by atoms with Gasteiger partial charge < -0.3 is 4.57 Å². The lowest BCUT2D eigenvalue weighted by atomic mass is 10.0. The summed E-state index contributed by atoms with van der Waals surface area (Å²) in [5, 5.41) is 0.860. The van der Waals surface area contributed by atoms with Crippen LogP contribution < -0.4 is 5.56 Å². The minimum atomic E-state index is -4.39. The number of pyridine rings is 2. The van der Waals surface area contributed by atoms with Crippen molar-refractivity contribution < 1.29 is 13.2 Å². The van der Waals surface area contributed by atoms with E-state index in [9.17, 15) is 18.0 Å². The van der Waals surface area contributed by atoms with Crippen LogP contribution in [0.25, 0.3) is 21.9 Å². The summed E-state index contributed by atoms with van der Waals surface area (Å²) in [4.78, 5) is 16.2. The zero-order chi connectivity index (χ0) is 16.8. The number of aromatic nitrogens is 2. The normalized spacial score (nSPS) is 11.9. The van der Waals surface area contributed by atoms with E-state index in [0.717, 1.165) is 12.1 Å². The van der Waals surface area contributed by atoms with Crippen LogP contribution in [-0.2, 0) is 13.2 Å². The van der Waals surface area contributed by atoms with E-state index in [1.165, 1.54) is 22.9 Å². The van der Waals surface area contributed by atoms with Gasteiger partial charge in [-0.05, 0) is 23.8 Å². The van der Waals surface area contributed by atoms with Gasteiger partial charge in [-0.1, -0.05) is 23.7 Å². The minimum absolute atomic E-state index is 0.0665. The van der Waals surface area contributed by atoms with Crippen molar-refractivity contribution in [1.82, 2.24) is 9.55 Å². The van der Waals surface area contributed by atoms with Crippen molar-refractivity contribution in [3.63, 3.8) is 0 Å². The smallest absolute Gasteiger partial charge is 0.318 e. The molecule has 1 aromatic carbocycles. The maximum absolute atomic E-state index is 12.7. The Bertz CT molecular complexity index is 946. The molecule has 0 saturated heterocycles. The number of fused-ring (bicyclic) bond motifs is 1. The minimum Gasteiger partial charge on any atom is -0.318 e. The van der Waals surface area contributed by atoms with E-state index in [0.29, 0.717) is 16.5 Å². The topological polar surface area (TPSA) is 34.9 Å². The molecule has 3 nitrogen and oxygen atoms in total. The number of aryl methyl sites for hydroxylation is 1. The van der Waals surface area contributed by atoms with Crippen LogP contribution in [0.15, 0.2) is 47.5 Å². The molecule has 0 unspecified atom stereocenters. The van der Waals surface area contributed by atoms with E-state index in [4.69, 9.17) is 11.6 Å². The van der Waals surface area contributed by atoms with Crippen LogP contribution in [0.4, 0.5) is 13.2 Å². The van der Waals surface area contributed by atoms with Crippen LogP contribution in [0.5, 0.6) is 0 Å². The van der Waals surface area contributed by atoms with Gasteiger partial charge in [-0.15, -0.1) is 0 Å². The van der Waals surface area contributed by atoms with Crippen LogP contribution >= 0.6 is 11.6 Å². The monoisotopic (exact) mass is 338 g/mol. The number of hydrogen-bond acceptors (Lipinski definition) is 2. The van der Waals surface area contributed by atoms with Gasteiger partial charge in [0.05, 0.1) is 10.9 Å². The molecule has 0 bridgehead atoms. The molecule has 0 N–H and O–H groups in total. The number of benzene rings is 1. The van der Waals surface area contributed by atoms with Gasteiger partial charge in [-0.25, -0.2) is 4.98 Å². The molecule has 2 aromatic heterocycles. The summed E-state index contributed by atoms with van der Waals surface area (Å²) in [7, 11) is 1.59. The van der Waals surface area contributed by atoms with E-state index in [1.54, 1.807) is 19.3 Å². The number of rotatable bonds is 1. The quantitative estimate of drug-likeness (QED) is 0.621. The number of nitrogens with zero attached hydrogens (tertiary/aromatic N) is 2. The molecule has 0 aliphatic rings. The number of hydrogen-bond donors (Lipinski definition) is 0. The van der Waals surface area contributed by atoms with Gasteiger partial charge in [-0.3, -0.25) is 4.79 Å². The van der Waals surface area contributed by atoms with Crippen LogP contribution in [0.2, 0.25) is 5.15 Å². The molecule has 0 aliphatic carbocycles. The van der Waals surface area contributed by atoms with E-state index < -0.39 is 11.7 Å². The van der Waals surface area contributed by atoms with E-state index in [1.807, 2.05) is 0 Å². The molecule has 0 fully saturated rings. The Morgan fingerprint density at radius 2 is 1.78 bits per heavy atom. The highest BCUT2D eigenvalue weighted by Crippen LogP contribution is 2.33. The fraction of sp³-hybridized carbons (Fsp3) is 0.125. The Labute approximate surface area is 134 Å². The van der Waals surface area contributed by atoms with Crippen molar-refractivity contribution >= 4 is 22.4 Å². The van der Waals surface area contributed by atoms with Crippen LogP contribution in [0.3, 0.4) is 0 Å². The predicted molar refractivity (Wildman–Crippen MR) is 82.4 cm³/mol. The lowest BCUT2D eigenvalue weighted by Gasteiger charge is -2.10. The lowest BCUT2D eigenvalue weighted by molar-refractivity contribution is -0.137. The van der Waals surface area contributed by atoms with Crippen molar-refractivity contribution in [1.29, 1.82) is 0 Å². The first-order valence-electron chi connectivity index (χ1n) is 6.60. The van der Waals surface area contributed by atoms with Gasteiger partial charge in [0.2, 0.25) is 0 Å². The molecule has 23 heavy (non-hydrogen) atoms. The number of alkyl halides is 3. The highest BCUT2D eigenvalue weighted by Gasteiger charge is 2.30. The van der Waals surface area contributed by atoms with Crippen molar-refractivity contribution in [2.45, 2.75) is 6.18 Å². The van der Waals surface area contributed by atoms with Gasteiger partial charge >= 0.3 is 6.18 Å². The SMILES string of the molecule is Cn1ccc2c(-c3ccc(C(F)(F)F)cc3)cnc(Cl)c2c1=O. The van der Waals surface area contributed by atoms with Gasteiger partial charge in [0.1, 0.15) is 5.15 Å². The first kappa shape index (κ1) is 15.6. The molecule has 0 saturated carbocycles. The fourth-order valence-corrected chi connectivity index (χ4v) is 2.61. The average molecular weight is 339 g/mol. The Hall–Kier alpha value is -2.34. The molecule has 0 amide bonds. The third-order valence-electron chi connectivity index (χ3n) is 3.60. The molecule has 3 aromatic rings. The average Bonchev–Trinajstić information content (AvgIpc) is 2.50. The predicted octanol–water partition coefficient (Wildman–Crippen LogP) is 4.27. The van der Waals surface area contributed by atoms with Gasteiger partial charge in [0.15, 0.2) is 0 Å². The second kappa shape index (κ2) is 5.38.